The third-order valence-corrected chi connectivity index (χ3v) is 12.0. The summed E-state index contributed by atoms with van der Waals surface area (Å²) >= 11 is 0. The molecular weight excluding hydrogens is 725 g/mol. The number of hydrogen-bond acceptors (Lipinski definition) is 9. The number of fused-ring (bicyclic) bond motifs is 1. The fraction of sp³-hybridized carbons (Fsp3) is 0.408. The number of nitrogens with two attached hydrogens (primary N) is 1. The van der Waals surface area contributed by atoms with Crippen LogP contribution in [0.25, 0.3) is 6.08 Å². The third-order valence-electron chi connectivity index (χ3n) is 12.0. The number of phenols is 1. The van der Waals surface area contributed by atoms with Gasteiger partial charge in [-0.25, -0.2) is 4.98 Å². The van der Waals surface area contributed by atoms with Crippen molar-refractivity contribution in [2.24, 2.45) is 17.8 Å². The lowest BCUT2D eigenvalue weighted by atomic mass is 9.68. The number of hydrogen-bond donors (Lipinski definition) is 5. The highest BCUT2D eigenvalue weighted by Crippen LogP contribution is 2.38. The number of carbonyl (C=O) groups is 2. The van der Waals surface area contributed by atoms with Gasteiger partial charge in [-0.3, -0.25) is 9.59 Å². The molecule has 1 aliphatic heterocycles. The number of anilines is 1. The summed E-state index contributed by atoms with van der Waals surface area (Å²) in [4.78, 5) is 30.3. The molecule has 58 heavy (non-hydrogen) atoms. The summed E-state index contributed by atoms with van der Waals surface area (Å²) < 4.78 is 5.27. The number of aliphatic hydroxyl groups is 1. The summed E-state index contributed by atoms with van der Waals surface area (Å²) in [6.45, 7) is 1.53. The number of aromatic nitrogens is 1. The number of pyridine rings is 1. The number of piperidine rings is 1. The highest BCUT2D eigenvalue weighted by molar-refractivity contribution is 6.06. The fourth-order valence-electron chi connectivity index (χ4n) is 8.84. The number of ether oxygens (including phenoxy) is 1. The van der Waals surface area contributed by atoms with Gasteiger partial charge >= 0.3 is 0 Å². The number of likely N-dealkylation sites (N-methyl/N-ethyl adjacent to an activating group) is 1. The van der Waals surface area contributed by atoms with Crippen LogP contribution in [0, 0.1) is 17.8 Å². The molecule has 2 heterocycles. The number of benzene rings is 3. The van der Waals surface area contributed by atoms with E-state index >= 15 is 0 Å². The van der Waals surface area contributed by atoms with Crippen LogP contribution < -0.4 is 21.1 Å². The molecule has 1 fully saturated rings. The molecule has 3 aromatic carbocycles. The van der Waals surface area contributed by atoms with Crippen LogP contribution in [0.4, 0.5) is 5.82 Å². The van der Waals surface area contributed by atoms with Crippen LogP contribution in [0.5, 0.6) is 11.5 Å². The van der Waals surface area contributed by atoms with E-state index in [-0.39, 0.29) is 29.5 Å². The minimum absolute atomic E-state index is 0.0590. The molecule has 0 bridgehead atoms. The van der Waals surface area contributed by atoms with Gasteiger partial charge in [0, 0.05) is 25.2 Å². The fourth-order valence-corrected chi connectivity index (χ4v) is 8.84. The van der Waals surface area contributed by atoms with E-state index in [0.717, 1.165) is 81.1 Å². The van der Waals surface area contributed by atoms with Crippen LogP contribution in [-0.4, -0.2) is 59.7 Å². The first-order valence-electron chi connectivity index (χ1n) is 21.0. The number of nitrogens with zero attached hydrogens (tertiary/aromatic N) is 1. The summed E-state index contributed by atoms with van der Waals surface area (Å²) in [6, 6.07) is 24.7. The summed E-state index contributed by atoms with van der Waals surface area (Å²) in [5.74, 6) is 1.98. The Hall–Kier alpha value is -5.09. The molecule has 0 spiro atoms. The van der Waals surface area contributed by atoms with Gasteiger partial charge in [-0.15, -0.1) is 0 Å². The molecule has 6 rings (SSSR count). The van der Waals surface area contributed by atoms with Gasteiger partial charge in [-0.2, -0.15) is 0 Å². The van der Waals surface area contributed by atoms with Crippen LogP contribution in [-0.2, 0) is 41.7 Å². The second-order valence-corrected chi connectivity index (χ2v) is 16.0. The molecule has 1 aromatic heterocycles. The second-order valence-electron chi connectivity index (χ2n) is 16.0. The molecule has 9 heteroatoms. The Kier molecular flexibility index (Phi) is 15.8. The summed E-state index contributed by atoms with van der Waals surface area (Å²) in [7, 11) is 2.04. The first-order valence-corrected chi connectivity index (χ1v) is 21.0. The number of allylic oxidation sites excluding steroid dienone is 1. The Morgan fingerprint density at radius 3 is 2.48 bits per heavy atom. The van der Waals surface area contributed by atoms with Gasteiger partial charge in [0.2, 0.25) is 0 Å². The maximum atomic E-state index is 13.1. The molecule has 0 amide bonds. The maximum absolute atomic E-state index is 13.1. The Labute approximate surface area is 343 Å². The Morgan fingerprint density at radius 2 is 1.69 bits per heavy atom. The molecule has 2 aliphatic rings. The van der Waals surface area contributed by atoms with Crippen molar-refractivity contribution in [1.82, 2.24) is 15.6 Å². The number of aromatic hydroxyl groups is 1. The van der Waals surface area contributed by atoms with E-state index in [9.17, 15) is 19.8 Å². The molecule has 0 saturated carbocycles. The molecule has 0 unspecified atom stereocenters. The van der Waals surface area contributed by atoms with Crippen LogP contribution in [0.3, 0.4) is 0 Å². The predicted octanol–water partition coefficient (Wildman–Crippen LogP) is 7.35. The van der Waals surface area contributed by atoms with E-state index in [1.54, 1.807) is 24.4 Å². The van der Waals surface area contributed by atoms with Crippen molar-refractivity contribution < 1.29 is 24.5 Å². The number of carbonyl (C=O) groups excluding carboxylic acids is 2. The van der Waals surface area contributed by atoms with Gasteiger partial charge in [0.15, 0.2) is 24.1 Å². The van der Waals surface area contributed by atoms with Crippen molar-refractivity contribution in [2.45, 2.75) is 83.1 Å². The monoisotopic (exact) mass is 784 g/mol. The highest BCUT2D eigenvalue weighted by Gasteiger charge is 2.36. The van der Waals surface area contributed by atoms with Crippen LogP contribution >= 0.6 is 0 Å². The SMILES string of the molecule is CN[C@H]1C=C[C@@H]2CNCC[C@H]2[C@@H]1CCCCCC(=O)CC(=O)/C=C/c1cc(OCO)c(O)cc1Cc1cnc(N)cc1CCc1cccc(CCc2ccccc2)c1. The zero-order valence-corrected chi connectivity index (χ0v) is 33.9. The zero-order valence-electron chi connectivity index (χ0n) is 33.9. The summed E-state index contributed by atoms with van der Waals surface area (Å²) in [5, 5.41) is 27.3. The number of aliphatic hydroxyl groups excluding tert-OH is 1. The minimum Gasteiger partial charge on any atom is -0.504 e. The van der Waals surface area contributed by atoms with Gasteiger partial charge in [0.05, 0.1) is 6.42 Å². The third kappa shape index (κ3) is 12.2. The largest absolute Gasteiger partial charge is 0.504 e. The number of ketones is 2. The van der Waals surface area contributed by atoms with Gasteiger partial charge in [-0.1, -0.05) is 85.7 Å². The molecule has 306 valence electrons. The zero-order chi connectivity index (χ0) is 40.7. The summed E-state index contributed by atoms with van der Waals surface area (Å²) in [5.41, 5.74) is 13.4. The quantitative estimate of drug-likeness (QED) is 0.0193. The van der Waals surface area contributed by atoms with Crippen LogP contribution in [0.15, 0.2) is 97.2 Å². The summed E-state index contributed by atoms with van der Waals surface area (Å²) in [6.07, 6.45) is 18.9. The molecule has 9 nitrogen and oxygen atoms in total. The molecule has 1 aliphatic carbocycles. The molecule has 6 N–H and O–H groups in total. The van der Waals surface area contributed by atoms with Crippen LogP contribution in [0.2, 0.25) is 0 Å². The van der Waals surface area contributed by atoms with Crippen molar-refractivity contribution in [3.63, 3.8) is 0 Å². The average molecular weight is 785 g/mol. The van der Waals surface area contributed by atoms with Gasteiger partial charge in [-0.05, 0) is 146 Å². The Morgan fingerprint density at radius 1 is 0.914 bits per heavy atom. The molecule has 0 radical (unpaired) electrons. The number of nitrogen functional groups attached to an aromatic ring is 1. The van der Waals surface area contributed by atoms with E-state index in [0.29, 0.717) is 48.0 Å². The first kappa shape index (κ1) is 42.5. The number of unbranched alkanes of at least 4 members (excludes halogenated alkanes) is 2. The minimum atomic E-state index is -0.616. The predicted molar refractivity (Wildman–Crippen MR) is 232 cm³/mol. The number of rotatable bonds is 21. The number of nitrogens with one attached hydrogen (secondary N) is 2. The standard InChI is InChI=1S/C49H60N4O5/c1-51-46-22-20-39-31-52-24-23-44(39)45(46)14-7-3-6-13-42(55)30-43(56)21-19-37-28-48(58-33-54)47(57)27-40(37)26-41-32-53-49(50)29-38(41)18-17-36-12-8-11-35(25-36)16-15-34-9-4-2-5-10-34/h2,4-5,8-12,19-22,25,27-29,32,39,44-46,51-52,54,57H,3,6-7,13-18,23-24,26,30-31,33H2,1H3,(H2,50,53)/b21-19+/t39-,44-,45+,46+/m1/s1. The smallest absolute Gasteiger partial charge is 0.186 e. The van der Waals surface area contributed by atoms with Crippen molar-refractivity contribution in [1.29, 1.82) is 0 Å². The van der Waals surface area contributed by atoms with Crippen molar-refractivity contribution in [2.75, 3.05) is 32.7 Å². The second kappa shape index (κ2) is 21.6. The maximum Gasteiger partial charge on any atom is 0.186 e. The molecular formula is C49H60N4O5. The van der Waals surface area contributed by atoms with Crippen LogP contribution in [0.1, 0.15) is 83.9 Å². The van der Waals surface area contributed by atoms with Crippen molar-refractivity contribution in [3.8, 4) is 11.5 Å². The van der Waals surface area contributed by atoms with Gasteiger partial charge < -0.3 is 31.3 Å². The van der Waals surface area contributed by atoms with Gasteiger partial charge in [0.25, 0.3) is 0 Å². The Balaban J connectivity index is 1.04. The van der Waals surface area contributed by atoms with E-state index in [1.807, 2.05) is 19.2 Å². The Bertz CT molecular complexity index is 2030. The van der Waals surface area contributed by atoms with E-state index in [2.05, 4.69) is 76.3 Å². The number of Topliss-reactive ketones (excluding diaryl/α,β-unsaturated/α-hetero) is 1. The van der Waals surface area contributed by atoms with Crippen molar-refractivity contribution in [3.05, 3.63) is 136 Å². The highest BCUT2D eigenvalue weighted by atomic mass is 16.6. The van der Waals surface area contributed by atoms with Gasteiger partial charge in [0.1, 0.15) is 11.6 Å². The lowest BCUT2D eigenvalue weighted by molar-refractivity contribution is -0.124. The average Bonchev–Trinajstić information content (AvgIpc) is 3.23. The normalized spacial score (nSPS) is 18.9. The topological polar surface area (TPSA) is 147 Å². The lowest BCUT2D eigenvalue weighted by Gasteiger charge is -2.42. The molecule has 1 saturated heterocycles. The number of aryl methyl sites for hydroxylation is 4. The first-order chi connectivity index (χ1) is 28.3. The van der Waals surface area contributed by atoms with E-state index < -0.39 is 6.79 Å². The van der Waals surface area contributed by atoms with Crippen molar-refractivity contribution >= 4 is 23.5 Å². The number of phenolic OH excluding ortho intramolecular Hbond substituents is 1. The van der Waals surface area contributed by atoms with E-state index in [4.69, 9.17) is 10.5 Å². The molecule has 4 atom stereocenters. The lowest BCUT2D eigenvalue weighted by Crippen LogP contribution is -2.47. The molecule has 4 aromatic rings. The van der Waals surface area contributed by atoms with E-state index in [1.165, 1.54) is 29.2 Å².